The molecule has 6 heteroatoms. The number of hydrogen-bond donors (Lipinski definition) is 2. The van der Waals surface area contributed by atoms with E-state index in [0.29, 0.717) is 0 Å². The smallest absolute Gasteiger partial charge is 0.330 e. The van der Waals surface area contributed by atoms with Gasteiger partial charge in [0.05, 0.1) is 7.11 Å². The molecule has 5 nitrogen and oxygen atoms in total. The molecule has 1 aromatic carbocycles. The number of carbonyl (C=O) groups excluding carboxylic acids is 2. The molecule has 0 saturated carbocycles. The van der Waals surface area contributed by atoms with Gasteiger partial charge in [-0.3, -0.25) is 4.79 Å². The maximum Gasteiger partial charge on any atom is 0.330 e. The monoisotopic (exact) mass is 328 g/mol. The molecule has 1 atom stereocenters. The Labute approximate surface area is 120 Å². The molecule has 2 N–H and O–H groups in total. The van der Waals surface area contributed by atoms with Crippen molar-refractivity contribution in [2.45, 2.75) is 19.9 Å². The van der Waals surface area contributed by atoms with Gasteiger partial charge in [-0.25, -0.2) is 4.79 Å². The first-order chi connectivity index (χ1) is 8.93. The largest absolute Gasteiger partial charge is 0.467 e. The van der Waals surface area contributed by atoms with Crippen molar-refractivity contribution in [3.63, 3.8) is 0 Å². The third kappa shape index (κ3) is 4.90. The van der Waals surface area contributed by atoms with Crippen molar-refractivity contribution in [1.29, 1.82) is 0 Å². The third-order valence-electron chi connectivity index (χ3n) is 2.55. The molecule has 0 radical (unpaired) electrons. The van der Waals surface area contributed by atoms with Gasteiger partial charge in [-0.2, -0.15) is 0 Å². The minimum Gasteiger partial charge on any atom is -0.467 e. The van der Waals surface area contributed by atoms with Crippen LogP contribution in [-0.2, 0) is 14.3 Å². The van der Waals surface area contributed by atoms with Crippen LogP contribution >= 0.6 is 15.9 Å². The molecule has 0 aromatic heterocycles. The molecule has 1 rings (SSSR count). The van der Waals surface area contributed by atoms with Gasteiger partial charge in [0.1, 0.15) is 6.04 Å². The fraction of sp³-hybridized carbons (Fsp3) is 0.385. The first-order valence-electron chi connectivity index (χ1n) is 5.79. The molecule has 1 amide bonds. The first kappa shape index (κ1) is 15.5. The number of halogens is 1. The maximum absolute atomic E-state index is 11.5. The minimum atomic E-state index is -0.706. The van der Waals surface area contributed by atoms with Crippen molar-refractivity contribution in [2.75, 3.05) is 19.0 Å². The van der Waals surface area contributed by atoms with Gasteiger partial charge in [0, 0.05) is 23.6 Å². The molecule has 0 heterocycles. The molecule has 0 saturated heterocycles. The Morgan fingerprint density at radius 3 is 2.63 bits per heavy atom. The number of aryl methyl sites for hydroxylation is 1. The number of esters is 1. The number of amides is 1. The second-order valence-corrected chi connectivity index (χ2v) is 4.98. The topological polar surface area (TPSA) is 67.4 Å². The summed E-state index contributed by atoms with van der Waals surface area (Å²) in [6.45, 7) is 3.61. The first-order valence-corrected chi connectivity index (χ1v) is 6.58. The summed E-state index contributed by atoms with van der Waals surface area (Å²) in [4.78, 5) is 22.5. The van der Waals surface area contributed by atoms with E-state index in [1.165, 1.54) is 14.0 Å². The van der Waals surface area contributed by atoms with E-state index in [9.17, 15) is 9.59 Å². The number of hydrogen-bond acceptors (Lipinski definition) is 4. The highest BCUT2D eigenvalue weighted by Gasteiger charge is 2.19. The molecule has 0 bridgehead atoms. The predicted molar refractivity (Wildman–Crippen MR) is 77.0 cm³/mol. The molecule has 0 aliphatic rings. The summed E-state index contributed by atoms with van der Waals surface area (Å²) in [7, 11) is 1.29. The van der Waals surface area contributed by atoms with Gasteiger partial charge in [-0.1, -0.05) is 22.0 Å². The lowest BCUT2D eigenvalue weighted by Gasteiger charge is -2.17. The number of benzene rings is 1. The summed E-state index contributed by atoms with van der Waals surface area (Å²) in [5.41, 5.74) is 1.98. The van der Waals surface area contributed by atoms with Gasteiger partial charge in [-0.05, 0) is 24.6 Å². The van der Waals surface area contributed by atoms with Crippen LogP contribution in [0.2, 0.25) is 0 Å². The molecule has 0 aliphatic heterocycles. The van der Waals surface area contributed by atoms with Crippen molar-refractivity contribution in [2.24, 2.45) is 0 Å². The Bertz CT molecular complexity index is 477. The van der Waals surface area contributed by atoms with Crippen LogP contribution in [-0.4, -0.2) is 31.6 Å². The van der Waals surface area contributed by atoms with E-state index in [1.807, 2.05) is 25.1 Å². The van der Waals surface area contributed by atoms with Crippen molar-refractivity contribution in [1.82, 2.24) is 5.32 Å². The van der Waals surface area contributed by atoms with E-state index in [4.69, 9.17) is 0 Å². The van der Waals surface area contributed by atoms with Crippen LogP contribution in [0.25, 0.3) is 0 Å². The van der Waals surface area contributed by atoms with Gasteiger partial charge in [0.25, 0.3) is 0 Å². The zero-order chi connectivity index (χ0) is 14.4. The third-order valence-corrected chi connectivity index (χ3v) is 3.40. The number of anilines is 1. The van der Waals surface area contributed by atoms with Gasteiger partial charge in [0.2, 0.25) is 5.91 Å². The van der Waals surface area contributed by atoms with Crippen molar-refractivity contribution < 1.29 is 14.3 Å². The SMILES string of the molecule is COC(=O)C(CNc1ccc(C)c(Br)c1)NC(C)=O. The summed E-state index contributed by atoms with van der Waals surface area (Å²) >= 11 is 3.43. The molecule has 0 aliphatic carbocycles. The molecule has 0 spiro atoms. The number of rotatable bonds is 5. The van der Waals surface area contributed by atoms with E-state index in [2.05, 4.69) is 31.3 Å². The Morgan fingerprint density at radius 2 is 2.11 bits per heavy atom. The van der Waals surface area contributed by atoms with E-state index in [1.54, 1.807) is 0 Å². The second-order valence-electron chi connectivity index (χ2n) is 4.12. The van der Waals surface area contributed by atoms with Crippen LogP contribution in [0.15, 0.2) is 22.7 Å². The summed E-state index contributed by atoms with van der Waals surface area (Å²) in [6, 6.07) is 5.07. The lowest BCUT2D eigenvalue weighted by molar-refractivity contribution is -0.144. The fourth-order valence-corrected chi connectivity index (χ4v) is 1.88. The lowest BCUT2D eigenvalue weighted by Crippen LogP contribution is -2.45. The highest BCUT2D eigenvalue weighted by Crippen LogP contribution is 2.20. The predicted octanol–water partition coefficient (Wildman–Crippen LogP) is 1.85. The average molecular weight is 329 g/mol. The van der Waals surface area contributed by atoms with Crippen molar-refractivity contribution in [3.8, 4) is 0 Å². The lowest BCUT2D eigenvalue weighted by atomic mass is 10.2. The standard InChI is InChI=1S/C13H17BrN2O3/c1-8-4-5-10(6-11(8)14)15-7-12(13(18)19-3)16-9(2)17/h4-6,12,15H,7H2,1-3H3,(H,16,17). The molecule has 0 fully saturated rings. The maximum atomic E-state index is 11.5. The van der Waals surface area contributed by atoms with Crippen molar-refractivity contribution >= 4 is 33.5 Å². The molecule has 1 unspecified atom stereocenters. The van der Waals surface area contributed by atoms with Gasteiger partial charge in [0.15, 0.2) is 0 Å². The van der Waals surface area contributed by atoms with E-state index >= 15 is 0 Å². The van der Waals surface area contributed by atoms with Gasteiger partial charge < -0.3 is 15.4 Å². The highest BCUT2D eigenvalue weighted by molar-refractivity contribution is 9.10. The zero-order valence-corrected chi connectivity index (χ0v) is 12.7. The van der Waals surface area contributed by atoms with Crippen LogP contribution < -0.4 is 10.6 Å². The summed E-state index contributed by atoms with van der Waals surface area (Å²) < 4.78 is 5.62. The molecule has 104 valence electrons. The Hall–Kier alpha value is -1.56. The molecular formula is C13H17BrN2O3. The van der Waals surface area contributed by atoms with Crippen LogP contribution in [0, 0.1) is 6.92 Å². The number of methoxy groups -OCH3 is 1. The van der Waals surface area contributed by atoms with E-state index < -0.39 is 12.0 Å². The minimum absolute atomic E-state index is 0.266. The number of nitrogens with one attached hydrogen (secondary N) is 2. The highest BCUT2D eigenvalue weighted by atomic mass is 79.9. The summed E-state index contributed by atoms with van der Waals surface area (Å²) in [5, 5.41) is 5.63. The zero-order valence-electron chi connectivity index (χ0n) is 11.1. The van der Waals surface area contributed by atoms with Crippen LogP contribution in [0.1, 0.15) is 12.5 Å². The van der Waals surface area contributed by atoms with Crippen LogP contribution in [0.4, 0.5) is 5.69 Å². The van der Waals surface area contributed by atoms with E-state index in [0.717, 1.165) is 15.7 Å². The number of ether oxygens (including phenoxy) is 1. The molecular weight excluding hydrogens is 312 g/mol. The Balaban J connectivity index is 2.67. The van der Waals surface area contributed by atoms with Gasteiger partial charge in [-0.15, -0.1) is 0 Å². The fourth-order valence-electron chi connectivity index (χ4n) is 1.50. The van der Waals surface area contributed by atoms with E-state index in [-0.39, 0.29) is 12.5 Å². The normalized spacial score (nSPS) is 11.6. The summed E-state index contributed by atoms with van der Waals surface area (Å²) in [5.74, 6) is -0.754. The second kappa shape index (κ2) is 7.13. The van der Waals surface area contributed by atoms with Crippen molar-refractivity contribution in [3.05, 3.63) is 28.2 Å². The Morgan fingerprint density at radius 1 is 1.42 bits per heavy atom. The summed E-state index contributed by atoms with van der Waals surface area (Å²) in [6.07, 6.45) is 0. The quantitative estimate of drug-likeness (QED) is 0.809. The Kier molecular flexibility index (Phi) is 5.82. The number of carbonyl (C=O) groups is 2. The average Bonchev–Trinajstić information content (AvgIpc) is 2.37. The van der Waals surface area contributed by atoms with Gasteiger partial charge >= 0.3 is 5.97 Å². The van der Waals surface area contributed by atoms with Crippen LogP contribution in [0.5, 0.6) is 0 Å². The van der Waals surface area contributed by atoms with Crippen LogP contribution in [0.3, 0.4) is 0 Å². The molecule has 1 aromatic rings. The molecule has 19 heavy (non-hydrogen) atoms.